The van der Waals surface area contributed by atoms with Gasteiger partial charge in [0.25, 0.3) is 0 Å². The molecule has 0 radical (unpaired) electrons. The number of ketones is 1. The molecule has 2 N–H and O–H groups in total. The molecule has 1 aliphatic rings. The Labute approximate surface area is 118 Å². The van der Waals surface area contributed by atoms with Crippen LogP contribution in [-0.2, 0) is 4.79 Å². The van der Waals surface area contributed by atoms with E-state index in [9.17, 15) is 4.79 Å². The SMILES string of the molecule is O=C1C=C[C@H](Nc2ccccc2)[C@H]1Nc1ccccc1. The average Bonchev–Trinajstić information content (AvgIpc) is 2.83. The van der Waals surface area contributed by atoms with Gasteiger partial charge in [0.2, 0.25) is 0 Å². The highest BCUT2D eigenvalue weighted by molar-refractivity contribution is 6.00. The first kappa shape index (κ1) is 12.5. The molecule has 0 heterocycles. The van der Waals surface area contributed by atoms with Crippen molar-refractivity contribution in [3.8, 4) is 0 Å². The minimum atomic E-state index is -0.266. The second kappa shape index (κ2) is 5.61. The number of para-hydroxylation sites is 2. The maximum atomic E-state index is 12.0. The van der Waals surface area contributed by atoms with Crippen LogP contribution in [0.1, 0.15) is 0 Å². The van der Waals surface area contributed by atoms with Gasteiger partial charge in [-0.05, 0) is 30.3 Å². The zero-order valence-corrected chi connectivity index (χ0v) is 11.0. The Morgan fingerprint density at radius 3 is 1.90 bits per heavy atom. The summed E-state index contributed by atoms with van der Waals surface area (Å²) >= 11 is 0. The Morgan fingerprint density at radius 1 is 0.750 bits per heavy atom. The van der Waals surface area contributed by atoms with Crippen molar-refractivity contribution < 1.29 is 4.79 Å². The van der Waals surface area contributed by atoms with Crippen molar-refractivity contribution in [2.45, 2.75) is 12.1 Å². The molecule has 100 valence electrons. The molecule has 20 heavy (non-hydrogen) atoms. The summed E-state index contributed by atoms with van der Waals surface area (Å²) in [5.41, 5.74) is 1.96. The van der Waals surface area contributed by atoms with Crippen LogP contribution in [0, 0.1) is 0 Å². The lowest BCUT2D eigenvalue weighted by Gasteiger charge is -2.22. The minimum absolute atomic E-state index is 0.0369. The van der Waals surface area contributed by atoms with Crippen molar-refractivity contribution in [2.24, 2.45) is 0 Å². The molecule has 0 aromatic heterocycles. The third-order valence-corrected chi connectivity index (χ3v) is 3.34. The predicted molar refractivity (Wildman–Crippen MR) is 81.9 cm³/mol. The van der Waals surface area contributed by atoms with E-state index >= 15 is 0 Å². The number of hydrogen-bond donors (Lipinski definition) is 2. The lowest BCUT2D eigenvalue weighted by atomic mass is 10.1. The van der Waals surface area contributed by atoms with E-state index in [1.807, 2.05) is 66.7 Å². The number of nitrogens with one attached hydrogen (secondary N) is 2. The molecule has 2 aromatic carbocycles. The van der Waals surface area contributed by atoms with Crippen LogP contribution < -0.4 is 10.6 Å². The Morgan fingerprint density at radius 2 is 1.30 bits per heavy atom. The number of hydrogen-bond acceptors (Lipinski definition) is 3. The molecule has 0 fully saturated rings. The van der Waals surface area contributed by atoms with Gasteiger partial charge in [-0.2, -0.15) is 0 Å². The fourth-order valence-electron chi connectivity index (χ4n) is 2.32. The van der Waals surface area contributed by atoms with Crippen molar-refractivity contribution in [1.82, 2.24) is 0 Å². The van der Waals surface area contributed by atoms with Crippen molar-refractivity contribution >= 4 is 17.2 Å². The van der Waals surface area contributed by atoms with Crippen LogP contribution >= 0.6 is 0 Å². The van der Waals surface area contributed by atoms with Gasteiger partial charge in [0, 0.05) is 11.4 Å². The molecule has 0 amide bonds. The van der Waals surface area contributed by atoms with E-state index in [0.717, 1.165) is 11.4 Å². The van der Waals surface area contributed by atoms with Gasteiger partial charge in [-0.3, -0.25) is 4.79 Å². The Bertz CT molecular complexity index is 607. The standard InChI is InChI=1S/C17H16N2O/c20-16-12-11-15(18-13-7-3-1-4-8-13)17(16)19-14-9-5-2-6-10-14/h1-12,15,17-19H/t15-,17+/m0/s1. The summed E-state index contributed by atoms with van der Waals surface area (Å²) in [7, 11) is 0. The fraction of sp³-hybridized carbons (Fsp3) is 0.118. The maximum Gasteiger partial charge on any atom is 0.180 e. The van der Waals surface area contributed by atoms with Crippen molar-refractivity contribution in [2.75, 3.05) is 10.6 Å². The molecule has 1 aliphatic carbocycles. The van der Waals surface area contributed by atoms with Crippen LogP contribution in [0.5, 0.6) is 0 Å². The zero-order valence-electron chi connectivity index (χ0n) is 11.0. The van der Waals surface area contributed by atoms with Crippen LogP contribution in [0.15, 0.2) is 72.8 Å². The van der Waals surface area contributed by atoms with Crippen LogP contribution in [0.3, 0.4) is 0 Å². The fourth-order valence-corrected chi connectivity index (χ4v) is 2.32. The van der Waals surface area contributed by atoms with Crippen LogP contribution in [0.4, 0.5) is 11.4 Å². The smallest absolute Gasteiger partial charge is 0.180 e. The van der Waals surface area contributed by atoms with Gasteiger partial charge < -0.3 is 10.6 Å². The molecule has 3 nitrogen and oxygen atoms in total. The summed E-state index contributed by atoms with van der Waals surface area (Å²) < 4.78 is 0. The highest BCUT2D eigenvalue weighted by Crippen LogP contribution is 2.19. The van der Waals surface area contributed by atoms with Crippen molar-refractivity contribution in [3.63, 3.8) is 0 Å². The quantitative estimate of drug-likeness (QED) is 0.891. The zero-order chi connectivity index (χ0) is 13.8. The van der Waals surface area contributed by atoms with Crippen LogP contribution in [0.2, 0.25) is 0 Å². The summed E-state index contributed by atoms with van der Waals surface area (Å²) in [5, 5.41) is 6.66. The number of benzene rings is 2. The minimum Gasteiger partial charge on any atom is -0.376 e. The van der Waals surface area contributed by atoms with E-state index in [1.165, 1.54) is 0 Å². The van der Waals surface area contributed by atoms with Gasteiger partial charge in [0.1, 0.15) is 6.04 Å². The van der Waals surface area contributed by atoms with Crippen molar-refractivity contribution in [3.05, 3.63) is 72.8 Å². The normalized spacial score (nSPS) is 20.9. The van der Waals surface area contributed by atoms with Crippen molar-refractivity contribution in [1.29, 1.82) is 0 Å². The summed E-state index contributed by atoms with van der Waals surface area (Å²) in [6.45, 7) is 0. The number of carbonyl (C=O) groups is 1. The summed E-state index contributed by atoms with van der Waals surface area (Å²) in [6, 6.07) is 19.4. The van der Waals surface area contributed by atoms with Gasteiger partial charge in [-0.15, -0.1) is 0 Å². The van der Waals surface area contributed by atoms with Gasteiger partial charge in [-0.25, -0.2) is 0 Å². The highest BCUT2D eigenvalue weighted by Gasteiger charge is 2.29. The van der Waals surface area contributed by atoms with Crippen LogP contribution in [0.25, 0.3) is 0 Å². The monoisotopic (exact) mass is 264 g/mol. The number of carbonyl (C=O) groups excluding carboxylic acids is 1. The van der Waals surface area contributed by atoms with E-state index < -0.39 is 0 Å². The molecule has 0 saturated heterocycles. The lowest BCUT2D eigenvalue weighted by molar-refractivity contribution is -0.114. The molecule has 2 atom stereocenters. The molecule has 3 rings (SSSR count). The summed E-state index contributed by atoms with van der Waals surface area (Å²) in [6.07, 6.45) is 3.55. The number of rotatable bonds is 4. The summed E-state index contributed by atoms with van der Waals surface area (Å²) in [4.78, 5) is 12.0. The maximum absolute atomic E-state index is 12.0. The van der Waals surface area contributed by atoms with Gasteiger partial charge in [0.05, 0.1) is 6.04 Å². The van der Waals surface area contributed by atoms with Gasteiger partial charge >= 0.3 is 0 Å². The van der Waals surface area contributed by atoms with Crippen LogP contribution in [-0.4, -0.2) is 17.9 Å². The molecule has 0 bridgehead atoms. The molecular weight excluding hydrogens is 248 g/mol. The Kier molecular flexibility index (Phi) is 3.50. The largest absolute Gasteiger partial charge is 0.376 e. The first-order valence-electron chi connectivity index (χ1n) is 6.68. The third-order valence-electron chi connectivity index (χ3n) is 3.34. The lowest BCUT2D eigenvalue weighted by Crippen LogP contribution is -2.39. The third kappa shape index (κ3) is 2.72. The van der Waals surface area contributed by atoms with Gasteiger partial charge in [-0.1, -0.05) is 42.5 Å². The first-order chi connectivity index (χ1) is 9.83. The van der Waals surface area contributed by atoms with E-state index in [1.54, 1.807) is 6.08 Å². The van der Waals surface area contributed by atoms with E-state index in [2.05, 4.69) is 10.6 Å². The second-order valence-electron chi connectivity index (χ2n) is 4.79. The average molecular weight is 264 g/mol. The molecule has 0 spiro atoms. The topological polar surface area (TPSA) is 41.1 Å². The van der Waals surface area contributed by atoms with Gasteiger partial charge in [0.15, 0.2) is 5.78 Å². The number of anilines is 2. The molecule has 0 saturated carbocycles. The van der Waals surface area contributed by atoms with E-state index in [-0.39, 0.29) is 17.9 Å². The highest BCUT2D eigenvalue weighted by atomic mass is 16.1. The molecular formula is C17H16N2O. The molecule has 2 aromatic rings. The molecule has 0 aliphatic heterocycles. The van der Waals surface area contributed by atoms with E-state index in [0.29, 0.717) is 0 Å². The Balaban J connectivity index is 1.73. The van der Waals surface area contributed by atoms with E-state index in [4.69, 9.17) is 0 Å². The first-order valence-corrected chi connectivity index (χ1v) is 6.68. The molecule has 3 heteroatoms. The second-order valence-corrected chi connectivity index (χ2v) is 4.79. The summed E-state index contributed by atoms with van der Waals surface area (Å²) in [5.74, 6) is 0.0993. The predicted octanol–water partition coefficient (Wildman–Crippen LogP) is 3.09. The Hall–Kier alpha value is -2.55. The molecule has 0 unspecified atom stereocenters.